The first-order chi connectivity index (χ1) is 16.4. The summed E-state index contributed by atoms with van der Waals surface area (Å²) in [6.45, 7) is 4.20. The van der Waals surface area contributed by atoms with Crippen LogP contribution in [0.25, 0.3) is 0 Å². The smallest absolute Gasteiger partial charge is 0.227 e. The predicted octanol–water partition coefficient (Wildman–Crippen LogP) is 8.88. The Morgan fingerprint density at radius 1 is 0.971 bits per heavy atom. The minimum absolute atomic E-state index is 0.137. The number of aryl methyl sites for hydroxylation is 1. The first-order valence-corrected chi connectivity index (χ1v) is 13.4. The maximum atomic E-state index is 12.3. The Morgan fingerprint density at radius 3 is 2.29 bits per heavy atom. The molecule has 0 atom stereocenters. The summed E-state index contributed by atoms with van der Waals surface area (Å²) in [5.74, 6) is 0.298. The lowest BCUT2D eigenvalue weighted by molar-refractivity contribution is -0.116. The van der Waals surface area contributed by atoms with Crippen molar-refractivity contribution in [2.75, 3.05) is 11.9 Å². The number of amides is 1. The second kappa shape index (κ2) is 15.9. The number of phenolic OH excluding ortho intramolecular Hbond substituents is 1. The molecule has 0 saturated carbocycles. The number of phenols is 1. The van der Waals surface area contributed by atoms with E-state index in [2.05, 4.69) is 24.4 Å². The van der Waals surface area contributed by atoms with E-state index >= 15 is 0 Å². The Morgan fingerprint density at radius 2 is 1.62 bits per heavy atom. The predicted molar refractivity (Wildman–Crippen MR) is 144 cm³/mol. The quantitative estimate of drug-likeness (QED) is 0.176. The summed E-state index contributed by atoms with van der Waals surface area (Å²) in [4.78, 5) is 12.3. The third-order valence-corrected chi connectivity index (χ3v) is 6.87. The highest BCUT2D eigenvalue weighted by atomic mass is 35.5. The molecule has 2 rings (SSSR count). The molecular formula is C28H39Cl2NO3. The van der Waals surface area contributed by atoms with Gasteiger partial charge in [-0.25, -0.2) is 0 Å². The second-order valence-corrected chi connectivity index (χ2v) is 9.70. The van der Waals surface area contributed by atoms with Crippen LogP contribution in [0.1, 0.15) is 88.7 Å². The number of unbranched alkanes of at least 4 members (excludes halogenated alkanes) is 9. The molecule has 0 spiro atoms. The van der Waals surface area contributed by atoms with Crippen molar-refractivity contribution in [2.45, 2.75) is 90.9 Å². The van der Waals surface area contributed by atoms with Crippen molar-refractivity contribution >= 4 is 34.8 Å². The van der Waals surface area contributed by atoms with E-state index in [9.17, 15) is 9.90 Å². The summed E-state index contributed by atoms with van der Waals surface area (Å²) in [7, 11) is 0. The molecule has 0 saturated heterocycles. The molecule has 2 aromatic rings. The standard InChI is InChI=1S/C28H39Cl2NO3/c1-3-4-5-6-7-8-9-10-11-12-14-22-15-13-16-23(19-22)34-18-17-26(32)31-25-20-24(29)21(2)27(30)28(25)33/h13,15-16,19-20,33H,3-12,14,17-18H2,1-2H3,(H,31,32). The van der Waals surface area contributed by atoms with Gasteiger partial charge < -0.3 is 15.2 Å². The van der Waals surface area contributed by atoms with Crippen molar-refractivity contribution < 1.29 is 14.6 Å². The van der Waals surface area contributed by atoms with Crippen LogP contribution in [-0.4, -0.2) is 17.6 Å². The molecule has 0 aliphatic carbocycles. The first-order valence-electron chi connectivity index (χ1n) is 12.6. The zero-order valence-corrected chi connectivity index (χ0v) is 22.1. The van der Waals surface area contributed by atoms with Crippen LogP contribution in [0.15, 0.2) is 30.3 Å². The molecule has 0 aliphatic heterocycles. The maximum absolute atomic E-state index is 12.3. The molecule has 0 aliphatic rings. The third-order valence-electron chi connectivity index (χ3n) is 6.01. The Bertz CT molecular complexity index is 901. The van der Waals surface area contributed by atoms with E-state index in [1.165, 1.54) is 75.8 Å². The molecule has 0 fully saturated rings. The Kier molecular flexibility index (Phi) is 13.2. The van der Waals surface area contributed by atoms with E-state index in [0.29, 0.717) is 10.6 Å². The normalized spacial score (nSPS) is 10.9. The molecule has 2 N–H and O–H groups in total. The van der Waals surface area contributed by atoms with E-state index < -0.39 is 0 Å². The fourth-order valence-electron chi connectivity index (χ4n) is 3.88. The average Bonchev–Trinajstić information content (AvgIpc) is 2.82. The summed E-state index contributed by atoms with van der Waals surface area (Å²) in [5, 5.41) is 13.3. The molecular weight excluding hydrogens is 469 g/mol. The number of ether oxygens (including phenoxy) is 1. The highest BCUT2D eigenvalue weighted by molar-refractivity contribution is 6.37. The monoisotopic (exact) mass is 507 g/mol. The van der Waals surface area contributed by atoms with E-state index in [1.54, 1.807) is 6.92 Å². The van der Waals surface area contributed by atoms with Crippen molar-refractivity contribution in [2.24, 2.45) is 0 Å². The summed E-state index contributed by atoms with van der Waals surface area (Å²) in [5.41, 5.74) is 2.03. The van der Waals surface area contributed by atoms with Crippen molar-refractivity contribution in [1.82, 2.24) is 0 Å². The first kappa shape index (κ1) is 28.3. The molecule has 0 radical (unpaired) electrons. The molecule has 0 aromatic heterocycles. The zero-order chi connectivity index (χ0) is 24.8. The molecule has 0 heterocycles. The van der Waals surface area contributed by atoms with Crippen molar-refractivity contribution in [3.05, 3.63) is 51.5 Å². The number of carbonyl (C=O) groups is 1. The fraction of sp³-hybridized carbons (Fsp3) is 0.536. The van der Waals surface area contributed by atoms with Gasteiger partial charge >= 0.3 is 0 Å². The topological polar surface area (TPSA) is 58.6 Å². The third kappa shape index (κ3) is 10.1. The van der Waals surface area contributed by atoms with Gasteiger partial charge in [-0.3, -0.25) is 4.79 Å². The molecule has 4 nitrogen and oxygen atoms in total. The second-order valence-electron chi connectivity index (χ2n) is 8.92. The number of anilines is 1. The Labute approximate surface area is 215 Å². The molecule has 34 heavy (non-hydrogen) atoms. The highest BCUT2D eigenvalue weighted by Crippen LogP contribution is 2.38. The van der Waals surface area contributed by atoms with Gasteiger partial charge in [-0.15, -0.1) is 0 Å². The summed E-state index contributed by atoms with van der Waals surface area (Å²) < 4.78 is 5.78. The van der Waals surface area contributed by atoms with Crippen LogP contribution < -0.4 is 10.1 Å². The van der Waals surface area contributed by atoms with E-state index in [-0.39, 0.29) is 35.4 Å². The van der Waals surface area contributed by atoms with Crippen LogP contribution in [0.2, 0.25) is 10.0 Å². The number of nitrogens with one attached hydrogen (secondary N) is 1. The van der Waals surface area contributed by atoms with Gasteiger partial charge in [0.25, 0.3) is 0 Å². The van der Waals surface area contributed by atoms with Crippen LogP contribution in [0.3, 0.4) is 0 Å². The molecule has 0 unspecified atom stereocenters. The molecule has 188 valence electrons. The lowest BCUT2D eigenvalue weighted by Gasteiger charge is -2.12. The van der Waals surface area contributed by atoms with Crippen molar-refractivity contribution in [3.63, 3.8) is 0 Å². The number of benzene rings is 2. The highest BCUT2D eigenvalue weighted by Gasteiger charge is 2.14. The number of hydrogen-bond donors (Lipinski definition) is 2. The van der Waals surface area contributed by atoms with Crippen LogP contribution in [0, 0.1) is 6.92 Å². The van der Waals surface area contributed by atoms with Crippen molar-refractivity contribution in [3.8, 4) is 11.5 Å². The van der Waals surface area contributed by atoms with Gasteiger partial charge in [0.05, 0.1) is 23.7 Å². The summed E-state index contributed by atoms with van der Waals surface area (Å²) in [6, 6.07) is 9.58. The number of hydrogen-bond acceptors (Lipinski definition) is 3. The Balaban J connectivity index is 1.65. The van der Waals surface area contributed by atoms with E-state index in [4.69, 9.17) is 27.9 Å². The lowest BCUT2D eigenvalue weighted by atomic mass is 10.0. The van der Waals surface area contributed by atoms with Gasteiger partial charge in [-0.05, 0) is 49.1 Å². The van der Waals surface area contributed by atoms with E-state index in [1.807, 2.05) is 12.1 Å². The van der Waals surface area contributed by atoms with E-state index in [0.717, 1.165) is 12.2 Å². The molecule has 2 aromatic carbocycles. The minimum atomic E-state index is -0.284. The largest absolute Gasteiger partial charge is 0.504 e. The Hall–Kier alpha value is -1.91. The maximum Gasteiger partial charge on any atom is 0.227 e. The van der Waals surface area contributed by atoms with Gasteiger partial charge in [0.2, 0.25) is 5.91 Å². The number of halogens is 2. The lowest BCUT2D eigenvalue weighted by Crippen LogP contribution is -2.15. The summed E-state index contributed by atoms with van der Waals surface area (Å²) in [6.07, 6.45) is 14.5. The fourth-order valence-corrected chi connectivity index (χ4v) is 4.34. The average molecular weight is 509 g/mol. The van der Waals surface area contributed by atoms with Crippen LogP contribution in [0.5, 0.6) is 11.5 Å². The number of aromatic hydroxyl groups is 1. The minimum Gasteiger partial charge on any atom is -0.504 e. The van der Waals surface area contributed by atoms with Crippen LogP contribution in [0.4, 0.5) is 5.69 Å². The van der Waals surface area contributed by atoms with Crippen LogP contribution >= 0.6 is 23.2 Å². The number of rotatable bonds is 16. The zero-order valence-electron chi connectivity index (χ0n) is 20.6. The molecule has 1 amide bonds. The van der Waals surface area contributed by atoms with Gasteiger partial charge in [0, 0.05) is 5.02 Å². The molecule has 0 bridgehead atoms. The van der Waals surface area contributed by atoms with Crippen molar-refractivity contribution in [1.29, 1.82) is 0 Å². The summed E-state index contributed by atoms with van der Waals surface area (Å²) >= 11 is 12.1. The number of carbonyl (C=O) groups excluding carboxylic acids is 1. The SMILES string of the molecule is CCCCCCCCCCCCc1cccc(OCCC(=O)Nc2cc(Cl)c(C)c(Cl)c2O)c1. The van der Waals surface area contributed by atoms with Gasteiger partial charge in [-0.2, -0.15) is 0 Å². The van der Waals surface area contributed by atoms with Gasteiger partial charge in [-0.1, -0.05) is 100 Å². The van der Waals surface area contributed by atoms with Gasteiger partial charge in [0.15, 0.2) is 5.75 Å². The van der Waals surface area contributed by atoms with Crippen LogP contribution in [-0.2, 0) is 11.2 Å². The molecule has 6 heteroatoms. The van der Waals surface area contributed by atoms with Gasteiger partial charge in [0.1, 0.15) is 5.75 Å².